The van der Waals surface area contributed by atoms with E-state index in [1.807, 2.05) is 6.61 Å². The molecular weight excluding hydrogens is 152 g/mol. The van der Waals surface area contributed by atoms with Crippen LogP contribution in [0.2, 0.25) is 0 Å². The second kappa shape index (κ2) is 9.01. The van der Waals surface area contributed by atoms with E-state index in [-0.39, 0.29) is 6.29 Å². The fourth-order valence-electron chi connectivity index (χ4n) is 0.796. The second-order valence-electron chi connectivity index (χ2n) is 2.80. The maximum atomic E-state index is 5.43. The first-order valence-corrected chi connectivity index (χ1v) is 4.93. The van der Waals surface area contributed by atoms with Gasteiger partial charge in [-0.25, -0.2) is 0 Å². The van der Waals surface area contributed by atoms with Gasteiger partial charge in [-0.15, -0.1) is 0 Å². The standard InChI is InChI=1S/C10H21O2/c1-4-7-9-12-10(6-3)11-8-5-2/h9-10H,4-8H2,1-3H3. The molecule has 1 atom stereocenters. The molecule has 12 heavy (non-hydrogen) atoms. The first kappa shape index (κ1) is 11.9. The topological polar surface area (TPSA) is 18.5 Å². The predicted molar refractivity (Wildman–Crippen MR) is 50.6 cm³/mol. The van der Waals surface area contributed by atoms with Crippen molar-refractivity contribution in [1.82, 2.24) is 0 Å². The molecule has 0 fully saturated rings. The van der Waals surface area contributed by atoms with Gasteiger partial charge in [-0.05, 0) is 19.3 Å². The minimum atomic E-state index is -0.0310. The Kier molecular flexibility index (Phi) is 8.95. The van der Waals surface area contributed by atoms with E-state index in [0.29, 0.717) is 0 Å². The lowest BCUT2D eigenvalue weighted by Crippen LogP contribution is -2.15. The maximum Gasteiger partial charge on any atom is 0.157 e. The first-order valence-electron chi connectivity index (χ1n) is 4.93. The number of hydrogen-bond acceptors (Lipinski definition) is 2. The smallest absolute Gasteiger partial charge is 0.157 e. The average molecular weight is 173 g/mol. The Labute approximate surface area is 76.3 Å². The lowest BCUT2D eigenvalue weighted by molar-refractivity contribution is -0.123. The molecule has 1 unspecified atom stereocenters. The highest BCUT2D eigenvalue weighted by atomic mass is 16.7. The quantitative estimate of drug-likeness (QED) is 0.415. The van der Waals surface area contributed by atoms with Crippen LogP contribution in [0.15, 0.2) is 0 Å². The van der Waals surface area contributed by atoms with Crippen molar-refractivity contribution in [3.8, 4) is 0 Å². The molecule has 0 aliphatic carbocycles. The molecule has 1 radical (unpaired) electrons. The molecule has 0 spiro atoms. The Morgan fingerprint density at radius 2 is 1.92 bits per heavy atom. The van der Waals surface area contributed by atoms with E-state index in [2.05, 4.69) is 20.8 Å². The monoisotopic (exact) mass is 173 g/mol. The Morgan fingerprint density at radius 3 is 2.42 bits per heavy atom. The number of ether oxygens (including phenoxy) is 2. The summed E-state index contributed by atoms with van der Waals surface area (Å²) in [6.07, 6.45) is 4.07. The Morgan fingerprint density at radius 1 is 1.17 bits per heavy atom. The van der Waals surface area contributed by atoms with Gasteiger partial charge in [0.05, 0.1) is 6.61 Å². The van der Waals surface area contributed by atoms with Crippen molar-refractivity contribution in [1.29, 1.82) is 0 Å². The van der Waals surface area contributed by atoms with Crippen LogP contribution in [-0.4, -0.2) is 12.9 Å². The Hall–Kier alpha value is -0.0800. The van der Waals surface area contributed by atoms with Crippen LogP contribution in [0.4, 0.5) is 0 Å². The summed E-state index contributed by atoms with van der Waals surface area (Å²) in [6.45, 7) is 8.94. The molecule has 0 amide bonds. The summed E-state index contributed by atoms with van der Waals surface area (Å²) in [7, 11) is 0. The minimum absolute atomic E-state index is 0.0310. The van der Waals surface area contributed by atoms with Gasteiger partial charge in [0.25, 0.3) is 0 Å². The molecule has 0 saturated heterocycles. The van der Waals surface area contributed by atoms with Crippen molar-refractivity contribution >= 4 is 0 Å². The summed E-state index contributed by atoms with van der Waals surface area (Å²) >= 11 is 0. The fraction of sp³-hybridized carbons (Fsp3) is 0.900. The molecule has 0 aliphatic rings. The molecule has 0 aromatic carbocycles. The minimum Gasteiger partial charge on any atom is -0.353 e. The number of hydrogen-bond donors (Lipinski definition) is 0. The van der Waals surface area contributed by atoms with Crippen LogP contribution >= 0.6 is 0 Å². The highest BCUT2D eigenvalue weighted by Gasteiger charge is 2.04. The van der Waals surface area contributed by atoms with Gasteiger partial charge in [-0.3, -0.25) is 0 Å². The van der Waals surface area contributed by atoms with E-state index in [1.165, 1.54) is 0 Å². The van der Waals surface area contributed by atoms with Crippen LogP contribution < -0.4 is 0 Å². The molecule has 0 rings (SSSR count). The third kappa shape index (κ3) is 6.62. The van der Waals surface area contributed by atoms with Gasteiger partial charge in [0.2, 0.25) is 0 Å². The van der Waals surface area contributed by atoms with Gasteiger partial charge in [0, 0.05) is 6.61 Å². The Bertz CT molecular complexity index is 83.9. The van der Waals surface area contributed by atoms with Crippen molar-refractivity contribution in [3.63, 3.8) is 0 Å². The highest BCUT2D eigenvalue weighted by molar-refractivity contribution is 4.51. The van der Waals surface area contributed by atoms with Gasteiger partial charge >= 0.3 is 0 Å². The molecule has 73 valence electrons. The van der Waals surface area contributed by atoms with Crippen molar-refractivity contribution in [2.24, 2.45) is 0 Å². The van der Waals surface area contributed by atoms with Crippen LogP contribution in [0.1, 0.15) is 46.5 Å². The third-order valence-electron chi connectivity index (χ3n) is 1.50. The summed E-state index contributed by atoms with van der Waals surface area (Å²) in [5, 5.41) is 0. The number of unbranched alkanes of at least 4 members (excludes halogenated alkanes) is 1. The van der Waals surface area contributed by atoms with Crippen molar-refractivity contribution in [2.75, 3.05) is 6.61 Å². The van der Waals surface area contributed by atoms with E-state index in [0.717, 1.165) is 32.3 Å². The molecule has 0 aliphatic heterocycles. The summed E-state index contributed by atoms with van der Waals surface area (Å²) in [4.78, 5) is 0. The normalized spacial score (nSPS) is 13.2. The third-order valence-corrected chi connectivity index (χ3v) is 1.50. The van der Waals surface area contributed by atoms with Crippen molar-refractivity contribution in [3.05, 3.63) is 6.61 Å². The van der Waals surface area contributed by atoms with E-state index >= 15 is 0 Å². The molecular formula is C10H21O2. The van der Waals surface area contributed by atoms with Crippen LogP contribution in [0.5, 0.6) is 0 Å². The molecule has 0 bridgehead atoms. The molecule has 0 N–H and O–H groups in total. The van der Waals surface area contributed by atoms with Gasteiger partial charge in [-0.2, -0.15) is 0 Å². The molecule has 0 aromatic rings. The lowest BCUT2D eigenvalue weighted by atomic mass is 10.3. The summed E-state index contributed by atoms with van der Waals surface area (Å²) < 4.78 is 10.8. The lowest BCUT2D eigenvalue weighted by Gasteiger charge is -2.15. The van der Waals surface area contributed by atoms with Gasteiger partial charge < -0.3 is 9.47 Å². The van der Waals surface area contributed by atoms with Crippen molar-refractivity contribution < 1.29 is 9.47 Å². The fourth-order valence-corrected chi connectivity index (χ4v) is 0.796. The summed E-state index contributed by atoms with van der Waals surface area (Å²) in [6, 6.07) is 0. The van der Waals surface area contributed by atoms with Gasteiger partial charge in [0.15, 0.2) is 6.29 Å². The van der Waals surface area contributed by atoms with Crippen LogP contribution in [0, 0.1) is 6.61 Å². The second-order valence-corrected chi connectivity index (χ2v) is 2.80. The summed E-state index contributed by atoms with van der Waals surface area (Å²) in [5.41, 5.74) is 0. The van der Waals surface area contributed by atoms with Gasteiger partial charge in [-0.1, -0.05) is 27.2 Å². The van der Waals surface area contributed by atoms with Crippen molar-refractivity contribution in [2.45, 2.75) is 52.7 Å². The van der Waals surface area contributed by atoms with E-state index in [4.69, 9.17) is 9.47 Å². The zero-order valence-electron chi connectivity index (χ0n) is 8.51. The Balaban J connectivity index is 3.26. The zero-order valence-corrected chi connectivity index (χ0v) is 8.51. The van der Waals surface area contributed by atoms with E-state index in [1.54, 1.807) is 0 Å². The predicted octanol–water partition coefficient (Wildman–Crippen LogP) is 3.13. The molecule has 0 heterocycles. The van der Waals surface area contributed by atoms with E-state index < -0.39 is 0 Å². The zero-order chi connectivity index (χ0) is 9.23. The SMILES string of the molecule is CCC[CH]OC(CC)OCCC. The molecule has 0 saturated carbocycles. The first-order chi connectivity index (χ1) is 5.85. The van der Waals surface area contributed by atoms with Crippen LogP contribution in [0.25, 0.3) is 0 Å². The summed E-state index contributed by atoms with van der Waals surface area (Å²) in [5.74, 6) is 0. The average Bonchev–Trinajstić information content (AvgIpc) is 2.11. The largest absolute Gasteiger partial charge is 0.353 e. The maximum absolute atomic E-state index is 5.43. The molecule has 0 aromatic heterocycles. The molecule has 2 nitrogen and oxygen atoms in total. The highest BCUT2D eigenvalue weighted by Crippen LogP contribution is 2.05. The van der Waals surface area contributed by atoms with E-state index in [9.17, 15) is 0 Å². The number of rotatable bonds is 8. The molecule has 2 heteroatoms. The van der Waals surface area contributed by atoms with Crippen LogP contribution in [0.3, 0.4) is 0 Å². The van der Waals surface area contributed by atoms with Gasteiger partial charge in [0.1, 0.15) is 0 Å². The van der Waals surface area contributed by atoms with Crippen LogP contribution in [-0.2, 0) is 9.47 Å².